The number of nitrogens with zero attached hydrogens (tertiary/aromatic N) is 2. The van der Waals surface area contributed by atoms with E-state index < -0.39 is 36.9 Å². The molecule has 1 aromatic heterocycles. The lowest BCUT2D eigenvalue weighted by Gasteiger charge is -2.16. The van der Waals surface area contributed by atoms with Crippen molar-refractivity contribution in [3.63, 3.8) is 0 Å². The maximum atomic E-state index is 14.6. The van der Waals surface area contributed by atoms with Gasteiger partial charge in [-0.15, -0.1) is 13.2 Å². The van der Waals surface area contributed by atoms with E-state index in [1.54, 1.807) is 6.92 Å². The molecule has 3 aromatic rings. The Morgan fingerprint density at radius 1 is 1.00 bits per heavy atom. The molecule has 184 valence electrons. The number of aromatic nitrogens is 2. The van der Waals surface area contributed by atoms with Crippen LogP contribution in [0, 0.1) is 12.7 Å². The van der Waals surface area contributed by atoms with E-state index in [2.05, 4.69) is 20.0 Å². The van der Waals surface area contributed by atoms with Gasteiger partial charge in [0.1, 0.15) is 24.1 Å². The fourth-order valence-electron chi connectivity index (χ4n) is 3.20. The van der Waals surface area contributed by atoms with Gasteiger partial charge in [0.25, 0.3) is 5.92 Å². The largest absolute Gasteiger partial charge is 0.522 e. The molecule has 1 heterocycles. The van der Waals surface area contributed by atoms with Crippen molar-refractivity contribution in [2.75, 3.05) is 25.6 Å². The van der Waals surface area contributed by atoms with Crippen LogP contribution >= 0.6 is 0 Å². The second-order valence-electron chi connectivity index (χ2n) is 7.30. The van der Waals surface area contributed by atoms with Crippen molar-refractivity contribution in [2.45, 2.75) is 32.7 Å². The molecule has 34 heavy (non-hydrogen) atoms. The topological polar surface area (TPSA) is 65.5 Å². The Kier molecular flexibility index (Phi) is 7.39. The zero-order valence-corrected chi connectivity index (χ0v) is 18.4. The van der Waals surface area contributed by atoms with Gasteiger partial charge < -0.3 is 14.8 Å². The maximum absolute atomic E-state index is 14.6. The van der Waals surface area contributed by atoms with Gasteiger partial charge in [-0.3, -0.25) is 4.74 Å². The van der Waals surface area contributed by atoms with Gasteiger partial charge in [0.2, 0.25) is 0 Å². The molecule has 0 atom stereocenters. The van der Waals surface area contributed by atoms with Gasteiger partial charge in [-0.25, -0.2) is 23.1 Å². The number of hydrogen-bond donors (Lipinski definition) is 1. The average Bonchev–Trinajstić information content (AvgIpc) is 2.73. The van der Waals surface area contributed by atoms with Gasteiger partial charge in [-0.2, -0.15) is 0 Å². The highest BCUT2D eigenvalue weighted by molar-refractivity contribution is 5.91. The molecule has 0 fully saturated rings. The summed E-state index contributed by atoms with van der Waals surface area (Å²) in [6, 6.07) is 6.67. The Hall–Kier alpha value is -3.28. The minimum atomic E-state index is -4.78. The lowest BCUT2D eigenvalue weighted by Crippen LogP contribution is -2.18. The SMILES string of the molecule is COc1cc2nc(C)nc(NCc3cccc(C(C)(F)F)c3F)c2cc1OCCOC(F)(F)F. The number of alkyl halides is 5. The number of benzene rings is 2. The van der Waals surface area contributed by atoms with E-state index >= 15 is 0 Å². The van der Waals surface area contributed by atoms with E-state index in [-0.39, 0.29) is 29.4 Å². The summed E-state index contributed by atoms with van der Waals surface area (Å²) in [5.74, 6) is -3.46. The highest BCUT2D eigenvalue weighted by atomic mass is 19.4. The second kappa shape index (κ2) is 9.92. The minimum absolute atomic E-state index is 0.00211. The summed E-state index contributed by atoms with van der Waals surface area (Å²) < 4.78 is 92.7. The number of halogens is 6. The van der Waals surface area contributed by atoms with Crippen LogP contribution in [0.4, 0.5) is 32.2 Å². The van der Waals surface area contributed by atoms with Crippen molar-refractivity contribution < 1.29 is 40.6 Å². The van der Waals surface area contributed by atoms with Crippen LogP contribution in [-0.2, 0) is 17.2 Å². The molecule has 0 bridgehead atoms. The molecular weight excluding hydrogens is 468 g/mol. The van der Waals surface area contributed by atoms with Crippen molar-refractivity contribution >= 4 is 16.7 Å². The van der Waals surface area contributed by atoms with E-state index in [1.165, 1.54) is 31.4 Å². The van der Waals surface area contributed by atoms with Crippen LogP contribution in [0.3, 0.4) is 0 Å². The monoisotopic (exact) mass is 489 g/mol. The van der Waals surface area contributed by atoms with Crippen LogP contribution in [0.5, 0.6) is 11.5 Å². The van der Waals surface area contributed by atoms with Crippen LogP contribution in [0.25, 0.3) is 10.9 Å². The molecule has 3 rings (SSSR count). The maximum Gasteiger partial charge on any atom is 0.522 e. The van der Waals surface area contributed by atoms with Gasteiger partial charge in [-0.05, 0) is 13.0 Å². The molecule has 0 amide bonds. The first-order chi connectivity index (χ1) is 15.9. The van der Waals surface area contributed by atoms with Crippen LogP contribution < -0.4 is 14.8 Å². The fourth-order valence-corrected chi connectivity index (χ4v) is 3.20. The highest BCUT2D eigenvalue weighted by Crippen LogP contribution is 2.35. The van der Waals surface area contributed by atoms with E-state index in [0.29, 0.717) is 23.7 Å². The molecule has 0 saturated heterocycles. The van der Waals surface area contributed by atoms with E-state index in [4.69, 9.17) is 9.47 Å². The van der Waals surface area contributed by atoms with Crippen molar-refractivity contribution in [1.82, 2.24) is 9.97 Å². The Bertz CT molecular complexity index is 1170. The quantitative estimate of drug-likeness (QED) is 0.306. The van der Waals surface area contributed by atoms with E-state index in [1.807, 2.05) is 0 Å². The Balaban J connectivity index is 1.89. The predicted molar refractivity (Wildman–Crippen MR) is 112 cm³/mol. The molecule has 0 aliphatic carbocycles. The number of nitrogens with one attached hydrogen (secondary N) is 1. The first-order valence-electron chi connectivity index (χ1n) is 9.98. The third kappa shape index (κ3) is 6.19. The van der Waals surface area contributed by atoms with Crippen LogP contribution in [0.2, 0.25) is 0 Å². The lowest BCUT2D eigenvalue weighted by atomic mass is 10.0. The summed E-state index contributed by atoms with van der Waals surface area (Å²) in [7, 11) is 1.35. The van der Waals surface area contributed by atoms with Gasteiger partial charge in [0, 0.05) is 30.5 Å². The number of rotatable bonds is 9. The van der Waals surface area contributed by atoms with Crippen molar-refractivity contribution in [3.8, 4) is 11.5 Å². The highest BCUT2D eigenvalue weighted by Gasteiger charge is 2.30. The van der Waals surface area contributed by atoms with Crippen LogP contribution in [0.1, 0.15) is 23.9 Å². The molecule has 0 spiro atoms. The Morgan fingerprint density at radius 2 is 1.74 bits per heavy atom. The van der Waals surface area contributed by atoms with Gasteiger partial charge >= 0.3 is 6.36 Å². The molecule has 2 aromatic carbocycles. The summed E-state index contributed by atoms with van der Waals surface area (Å²) in [6.07, 6.45) is -4.78. The molecule has 12 heteroatoms. The summed E-state index contributed by atoms with van der Waals surface area (Å²) in [5.41, 5.74) is -0.310. The number of methoxy groups -OCH3 is 1. The molecule has 0 aliphatic rings. The molecule has 6 nitrogen and oxygen atoms in total. The predicted octanol–water partition coefficient (Wildman–Crippen LogP) is 5.72. The fraction of sp³-hybridized carbons (Fsp3) is 0.364. The summed E-state index contributed by atoms with van der Waals surface area (Å²) in [6.45, 7) is 0.911. The molecule has 0 radical (unpaired) electrons. The standard InChI is InChI=1S/C22H21F6N3O3/c1-12-30-16-10-17(32-3)18(33-7-8-34-22(26,27)28)9-14(16)20(31-12)29-11-13-5-4-6-15(19(13)23)21(2,24)25/h4-6,9-10H,7-8,11H2,1-3H3,(H,29,30,31). The minimum Gasteiger partial charge on any atom is -0.493 e. The number of fused-ring (bicyclic) bond motifs is 1. The van der Waals surface area contributed by atoms with Crippen molar-refractivity contribution in [2.24, 2.45) is 0 Å². The molecular formula is C22H21F6N3O3. The number of ether oxygens (including phenoxy) is 3. The Morgan fingerprint density at radius 3 is 2.38 bits per heavy atom. The lowest BCUT2D eigenvalue weighted by molar-refractivity contribution is -0.325. The van der Waals surface area contributed by atoms with Gasteiger partial charge in [-0.1, -0.05) is 18.2 Å². The van der Waals surface area contributed by atoms with Gasteiger partial charge in [0.05, 0.1) is 24.8 Å². The third-order valence-electron chi connectivity index (χ3n) is 4.70. The first-order valence-corrected chi connectivity index (χ1v) is 9.98. The first kappa shape index (κ1) is 25.3. The van der Waals surface area contributed by atoms with E-state index in [9.17, 15) is 26.3 Å². The zero-order valence-electron chi connectivity index (χ0n) is 18.4. The zero-order chi connectivity index (χ0) is 25.1. The molecule has 0 aliphatic heterocycles. The molecule has 0 unspecified atom stereocenters. The average molecular weight is 489 g/mol. The molecule has 0 saturated carbocycles. The van der Waals surface area contributed by atoms with Crippen LogP contribution in [-0.4, -0.2) is 36.7 Å². The normalized spacial score (nSPS) is 12.1. The van der Waals surface area contributed by atoms with E-state index in [0.717, 1.165) is 6.07 Å². The van der Waals surface area contributed by atoms with Crippen molar-refractivity contribution in [1.29, 1.82) is 0 Å². The van der Waals surface area contributed by atoms with Gasteiger partial charge in [0.15, 0.2) is 11.5 Å². The Labute approximate surface area is 190 Å². The van der Waals surface area contributed by atoms with Crippen molar-refractivity contribution in [3.05, 3.63) is 53.1 Å². The smallest absolute Gasteiger partial charge is 0.493 e. The molecule has 1 N–H and O–H groups in total. The summed E-state index contributed by atoms with van der Waals surface area (Å²) in [4.78, 5) is 8.58. The second-order valence-corrected chi connectivity index (χ2v) is 7.30. The summed E-state index contributed by atoms with van der Waals surface area (Å²) in [5, 5.41) is 3.31. The number of anilines is 1. The number of hydrogen-bond acceptors (Lipinski definition) is 6. The van der Waals surface area contributed by atoms with Crippen LogP contribution in [0.15, 0.2) is 30.3 Å². The third-order valence-corrected chi connectivity index (χ3v) is 4.70. The summed E-state index contributed by atoms with van der Waals surface area (Å²) >= 11 is 0. The number of aryl methyl sites for hydroxylation is 1.